The predicted molar refractivity (Wildman–Crippen MR) is 139 cm³/mol. The highest BCUT2D eigenvalue weighted by molar-refractivity contribution is 7.80. The van der Waals surface area contributed by atoms with Gasteiger partial charge in [0.25, 0.3) is 11.8 Å². The monoisotopic (exact) mass is 507 g/mol. The van der Waals surface area contributed by atoms with Crippen LogP contribution in [0.3, 0.4) is 0 Å². The number of rotatable bonds is 4. The number of amides is 2. The lowest BCUT2D eigenvalue weighted by atomic mass is 10.1. The molecule has 1 aromatic heterocycles. The van der Waals surface area contributed by atoms with Gasteiger partial charge in [-0.1, -0.05) is 17.7 Å². The summed E-state index contributed by atoms with van der Waals surface area (Å²) in [5.41, 5.74) is 4.97. The SMILES string of the molecule is COC(=O)c1ccc(-n2c(C)cc(/C=C3\C(=O)NC(=S)N(c4ccc(C)c(Cl)c4)C3=O)c2C)cc1. The molecule has 4 rings (SSSR count). The van der Waals surface area contributed by atoms with E-state index in [0.717, 1.165) is 22.6 Å². The summed E-state index contributed by atoms with van der Waals surface area (Å²) < 4.78 is 6.73. The van der Waals surface area contributed by atoms with Crippen molar-refractivity contribution in [1.29, 1.82) is 0 Å². The van der Waals surface area contributed by atoms with Crippen LogP contribution in [0.4, 0.5) is 5.69 Å². The average molecular weight is 508 g/mol. The fourth-order valence-electron chi connectivity index (χ4n) is 3.96. The van der Waals surface area contributed by atoms with Crippen molar-refractivity contribution in [3.05, 3.63) is 87.2 Å². The number of halogens is 1. The second kappa shape index (κ2) is 9.48. The van der Waals surface area contributed by atoms with E-state index in [0.29, 0.717) is 21.8 Å². The smallest absolute Gasteiger partial charge is 0.337 e. The zero-order valence-corrected chi connectivity index (χ0v) is 21.1. The Hall–Kier alpha value is -3.75. The van der Waals surface area contributed by atoms with Crippen molar-refractivity contribution in [3.63, 3.8) is 0 Å². The van der Waals surface area contributed by atoms with E-state index in [4.69, 9.17) is 28.6 Å². The van der Waals surface area contributed by atoms with Crippen LogP contribution in [0.5, 0.6) is 0 Å². The Kier molecular flexibility index (Phi) is 6.60. The highest BCUT2D eigenvalue weighted by Crippen LogP contribution is 2.28. The molecule has 1 saturated heterocycles. The van der Waals surface area contributed by atoms with E-state index in [1.165, 1.54) is 12.0 Å². The van der Waals surface area contributed by atoms with Crippen molar-refractivity contribution in [3.8, 4) is 5.69 Å². The van der Waals surface area contributed by atoms with E-state index < -0.39 is 17.8 Å². The average Bonchev–Trinajstić information content (AvgIpc) is 3.11. The second-order valence-corrected chi connectivity index (χ2v) is 8.89. The molecule has 0 spiro atoms. The van der Waals surface area contributed by atoms with Gasteiger partial charge in [0.1, 0.15) is 5.57 Å². The second-order valence-electron chi connectivity index (χ2n) is 8.09. The quantitative estimate of drug-likeness (QED) is 0.240. The van der Waals surface area contributed by atoms with E-state index in [1.807, 2.05) is 43.5 Å². The zero-order valence-electron chi connectivity index (χ0n) is 19.5. The summed E-state index contributed by atoms with van der Waals surface area (Å²) >= 11 is 11.5. The van der Waals surface area contributed by atoms with Crippen LogP contribution in [0.1, 0.15) is 32.9 Å². The summed E-state index contributed by atoms with van der Waals surface area (Å²) in [6.07, 6.45) is 1.56. The molecule has 9 heteroatoms. The third kappa shape index (κ3) is 4.50. The molecule has 0 saturated carbocycles. The molecule has 1 aliphatic rings. The Morgan fingerprint density at radius 1 is 1.03 bits per heavy atom. The van der Waals surface area contributed by atoms with E-state index >= 15 is 0 Å². The first-order valence-corrected chi connectivity index (χ1v) is 11.5. The topological polar surface area (TPSA) is 80.6 Å². The number of methoxy groups -OCH3 is 1. The van der Waals surface area contributed by atoms with Gasteiger partial charge < -0.3 is 9.30 Å². The van der Waals surface area contributed by atoms with Gasteiger partial charge in [-0.3, -0.25) is 19.8 Å². The van der Waals surface area contributed by atoms with Crippen LogP contribution >= 0.6 is 23.8 Å². The lowest BCUT2D eigenvalue weighted by Crippen LogP contribution is -2.54. The molecule has 1 aliphatic heterocycles. The number of ether oxygens (including phenoxy) is 1. The third-order valence-electron chi connectivity index (χ3n) is 5.83. The van der Waals surface area contributed by atoms with Crippen LogP contribution in [-0.2, 0) is 14.3 Å². The molecule has 0 aliphatic carbocycles. The maximum absolute atomic E-state index is 13.4. The molecule has 1 fully saturated rings. The maximum atomic E-state index is 13.4. The highest BCUT2D eigenvalue weighted by atomic mass is 35.5. The van der Waals surface area contributed by atoms with Crippen LogP contribution in [0, 0.1) is 20.8 Å². The first kappa shape index (κ1) is 24.4. The number of nitrogens with one attached hydrogen (secondary N) is 1. The minimum Gasteiger partial charge on any atom is -0.465 e. The summed E-state index contributed by atoms with van der Waals surface area (Å²) in [6.45, 7) is 5.66. The Morgan fingerprint density at radius 3 is 2.31 bits per heavy atom. The van der Waals surface area contributed by atoms with Gasteiger partial charge in [-0.25, -0.2) is 4.79 Å². The molecule has 0 atom stereocenters. The molecule has 0 bridgehead atoms. The number of benzene rings is 2. The van der Waals surface area contributed by atoms with Crippen LogP contribution in [0.15, 0.2) is 54.1 Å². The van der Waals surface area contributed by atoms with Crippen LogP contribution in [0.25, 0.3) is 11.8 Å². The lowest BCUT2D eigenvalue weighted by Gasteiger charge is -2.29. The van der Waals surface area contributed by atoms with Gasteiger partial charge in [-0.05, 0) is 92.7 Å². The number of carbonyl (C=O) groups excluding carboxylic acids is 3. The summed E-state index contributed by atoms with van der Waals surface area (Å²) in [5.74, 6) is -1.52. The standard InChI is InChI=1S/C26H22ClN3O4S/c1-14-5-8-20(13-22(14)27)30-24(32)21(23(31)28-26(30)35)12-18-11-15(2)29(16(18)3)19-9-6-17(7-10-19)25(33)34-4/h5-13H,1-4H3,(H,28,31,35)/b21-12+. The third-order valence-corrected chi connectivity index (χ3v) is 6.52. The van der Waals surface area contributed by atoms with Crippen molar-refractivity contribution < 1.29 is 19.1 Å². The molecular weight excluding hydrogens is 486 g/mol. The molecule has 3 aromatic rings. The van der Waals surface area contributed by atoms with E-state index in [2.05, 4.69) is 5.32 Å². The molecule has 1 N–H and O–H groups in total. The van der Waals surface area contributed by atoms with Crippen LogP contribution in [0.2, 0.25) is 5.02 Å². The fourth-order valence-corrected chi connectivity index (χ4v) is 4.42. The number of hydrogen-bond donors (Lipinski definition) is 1. The number of carbonyl (C=O) groups is 3. The van der Waals surface area contributed by atoms with Gasteiger partial charge in [0.05, 0.1) is 18.4 Å². The Balaban J connectivity index is 1.72. The predicted octanol–water partition coefficient (Wildman–Crippen LogP) is 4.67. The molecule has 0 unspecified atom stereocenters. The van der Waals surface area contributed by atoms with Gasteiger partial charge in [-0.15, -0.1) is 0 Å². The van der Waals surface area contributed by atoms with Crippen LogP contribution < -0.4 is 10.2 Å². The van der Waals surface area contributed by atoms with Crippen molar-refractivity contribution in [1.82, 2.24) is 9.88 Å². The van der Waals surface area contributed by atoms with E-state index in [-0.39, 0.29) is 10.7 Å². The Labute approximate surface area is 212 Å². The molecule has 35 heavy (non-hydrogen) atoms. The first-order chi connectivity index (χ1) is 16.6. The van der Waals surface area contributed by atoms with Gasteiger partial charge >= 0.3 is 5.97 Å². The zero-order chi connectivity index (χ0) is 25.4. The molecular formula is C26H22ClN3O4S. The number of anilines is 1. The molecule has 0 radical (unpaired) electrons. The summed E-state index contributed by atoms with van der Waals surface area (Å²) in [5, 5.41) is 3.08. The number of thiocarbonyl (C=S) groups is 1. The minimum absolute atomic E-state index is 0.00626. The summed E-state index contributed by atoms with van der Waals surface area (Å²) in [4.78, 5) is 39.1. The number of nitrogens with zero attached hydrogens (tertiary/aromatic N) is 2. The molecule has 7 nitrogen and oxygen atoms in total. The Bertz CT molecular complexity index is 1420. The van der Waals surface area contributed by atoms with Crippen molar-refractivity contribution >= 4 is 58.5 Å². The Morgan fingerprint density at radius 2 is 1.69 bits per heavy atom. The normalized spacial score (nSPS) is 14.9. The number of aryl methyl sites for hydroxylation is 2. The number of hydrogen-bond acceptors (Lipinski definition) is 5. The molecule has 178 valence electrons. The first-order valence-electron chi connectivity index (χ1n) is 10.7. The molecule has 2 aromatic carbocycles. The molecule has 2 amide bonds. The minimum atomic E-state index is -0.568. The van der Waals surface area contributed by atoms with Crippen molar-refractivity contribution in [2.24, 2.45) is 0 Å². The lowest BCUT2D eigenvalue weighted by molar-refractivity contribution is -0.122. The summed E-state index contributed by atoms with van der Waals surface area (Å²) in [6, 6.07) is 14.0. The highest BCUT2D eigenvalue weighted by Gasteiger charge is 2.35. The number of aromatic nitrogens is 1. The number of esters is 1. The van der Waals surface area contributed by atoms with E-state index in [9.17, 15) is 14.4 Å². The summed E-state index contributed by atoms with van der Waals surface area (Å²) in [7, 11) is 1.33. The van der Waals surface area contributed by atoms with Gasteiger partial charge in [0.15, 0.2) is 5.11 Å². The largest absolute Gasteiger partial charge is 0.465 e. The van der Waals surface area contributed by atoms with Crippen molar-refractivity contribution in [2.45, 2.75) is 20.8 Å². The van der Waals surface area contributed by atoms with Gasteiger partial charge in [-0.2, -0.15) is 0 Å². The van der Waals surface area contributed by atoms with Crippen molar-refractivity contribution in [2.75, 3.05) is 12.0 Å². The maximum Gasteiger partial charge on any atom is 0.337 e. The van der Waals surface area contributed by atoms with Crippen LogP contribution in [-0.4, -0.2) is 34.6 Å². The fraction of sp³-hybridized carbons (Fsp3) is 0.154. The van der Waals surface area contributed by atoms with E-state index in [1.54, 1.807) is 36.4 Å². The van der Waals surface area contributed by atoms with Gasteiger partial charge in [0.2, 0.25) is 0 Å². The molecule has 2 heterocycles. The van der Waals surface area contributed by atoms with Gasteiger partial charge in [0, 0.05) is 22.1 Å².